The number of nitrogens with zero attached hydrogens (tertiary/aromatic N) is 1. The third-order valence-electron chi connectivity index (χ3n) is 3.51. The van der Waals surface area contributed by atoms with Crippen molar-refractivity contribution in [3.63, 3.8) is 0 Å². The SMILES string of the molecule is COC(=O)C1(C=O)OC(OC)CN1S(=O)(=O)c1ccc(C)cc1. The van der Waals surface area contributed by atoms with Gasteiger partial charge in [-0.15, -0.1) is 4.31 Å². The van der Waals surface area contributed by atoms with Gasteiger partial charge in [-0.1, -0.05) is 17.7 Å². The Morgan fingerprint density at radius 1 is 1.35 bits per heavy atom. The zero-order chi connectivity index (χ0) is 17.3. The second-order valence-corrected chi connectivity index (χ2v) is 6.80. The standard InChI is InChI=1S/C14H17NO7S/c1-10-4-6-11(7-5-10)23(18,19)15-8-12(20-2)22-14(15,9-16)13(17)21-3/h4-7,9,12H,8H2,1-3H3. The van der Waals surface area contributed by atoms with Gasteiger partial charge in [0.1, 0.15) is 0 Å². The first-order valence-electron chi connectivity index (χ1n) is 6.66. The monoisotopic (exact) mass is 343 g/mol. The van der Waals surface area contributed by atoms with Crippen molar-refractivity contribution < 1.29 is 32.2 Å². The molecule has 8 nitrogen and oxygen atoms in total. The summed E-state index contributed by atoms with van der Waals surface area (Å²) in [4.78, 5) is 23.5. The number of aryl methyl sites for hydroxylation is 1. The number of esters is 1. The van der Waals surface area contributed by atoms with Gasteiger partial charge >= 0.3 is 5.97 Å². The Labute approximate surface area is 134 Å². The predicted molar refractivity (Wildman–Crippen MR) is 77.8 cm³/mol. The van der Waals surface area contributed by atoms with E-state index in [1.165, 1.54) is 19.2 Å². The van der Waals surface area contributed by atoms with E-state index in [2.05, 4.69) is 4.74 Å². The fourth-order valence-corrected chi connectivity index (χ4v) is 3.81. The first-order chi connectivity index (χ1) is 10.8. The van der Waals surface area contributed by atoms with Gasteiger partial charge < -0.3 is 14.2 Å². The highest BCUT2D eigenvalue weighted by atomic mass is 32.2. The lowest BCUT2D eigenvalue weighted by Crippen LogP contribution is -2.55. The Hall–Kier alpha value is -1.81. The van der Waals surface area contributed by atoms with Crippen molar-refractivity contribution in [2.24, 2.45) is 0 Å². The van der Waals surface area contributed by atoms with Crippen molar-refractivity contribution in [3.05, 3.63) is 29.8 Å². The molecule has 1 saturated heterocycles. The Morgan fingerprint density at radius 2 is 1.96 bits per heavy atom. The number of ether oxygens (including phenoxy) is 3. The quantitative estimate of drug-likeness (QED) is 0.423. The summed E-state index contributed by atoms with van der Waals surface area (Å²) in [5.74, 6) is -1.14. The average molecular weight is 343 g/mol. The fraction of sp³-hybridized carbons (Fsp3) is 0.429. The summed E-state index contributed by atoms with van der Waals surface area (Å²) < 4.78 is 41.0. The lowest BCUT2D eigenvalue weighted by Gasteiger charge is -2.28. The molecule has 0 amide bonds. The molecule has 2 unspecified atom stereocenters. The number of carbonyl (C=O) groups excluding carboxylic acids is 2. The van der Waals surface area contributed by atoms with Gasteiger partial charge in [-0.05, 0) is 19.1 Å². The molecule has 1 fully saturated rings. The van der Waals surface area contributed by atoms with E-state index in [1.807, 2.05) is 0 Å². The van der Waals surface area contributed by atoms with Crippen molar-refractivity contribution in [2.45, 2.75) is 23.8 Å². The van der Waals surface area contributed by atoms with Gasteiger partial charge in [-0.25, -0.2) is 13.2 Å². The fourth-order valence-electron chi connectivity index (χ4n) is 2.24. The van der Waals surface area contributed by atoms with Crippen molar-refractivity contribution >= 4 is 22.3 Å². The van der Waals surface area contributed by atoms with Crippen LogP contribution in [-0.4, -0.2) is 57.8 Å². The highest BCUT2D eigenvalue weighted by molar-refractivity contribution is 7.89. The van der Waals surface area contributed by atoms with Crippen molar-refractivity contribution in [1.82, 2.24) is 4.31 Å². The van der Waals surface area contributed by atoms with Crippen LogP contribution >= 0.6 is 0 Å². The molecule has 0 spiro atoms. The molecule has 2 rings (SSSR count). The molecule has 1 heterocycles. The van der Waals surface area contributed by atoms with E-state index in [1.54, 1.807) is 19.1 Å². The van der Waals surface area contributed by atoms with E-state index >= 15 is 0 Å². The van der Waals surface area contributed by atoms with E-state index in [9.17, 15) is 18.0 Å². The number of carbonyl (C=O) groups is 2. The molecule has 0 aliphatic carbocycles. The maximum absolute atomic E-state index is 12.8. The van der Waals surface area contributed by atoms with Crippen LogP contribution in [0.5, 0.6) is 0 Å². The summed E-state index contributed by atoms with van der Waals surface area (Å²) in [5, 5.41) is 0. The largest absolute Gasteiger partial charge is 0.465 e. The van der Waals surface area contributed by atoms with Crippen LogP contribution in [0, 0.1) is 6.92 Å². The minimum atomic E-state index is -4.18. The van der Waals surface area contributed by atoms with Crippen LogP contribution in [0.3, 0.4) is 0 Å². The van der Waals surface area contributed by atoms with Crippen LogP contribution in [-0.2, 0) is 33.8 Å². The third-order valence-corrected chi connectivity index (χ3v) is 5.37. The second kappa shape index (κ2) is 6.36. The lowest BCUT2D eigenvalue weighted by molar-refractivity contribution is -0.194. The third kappa shape index (κ3) is 2.88. The van der Waals surface area contributed by atoms with Gasteiger partial charge in [0, 0.05) is 7.11 Å². The molecule has 9 heteroatoms. The maximum Gasteiger partial charge on any atom is 0.362 e. The van der Waals surface area contributed by atoms with Crippen LogP contribution < -0.4 is 0 Å². The molecule has 1 aliphatic rings. The summed E-state index contributed by atoms with van der Waals surface area (Å²) in [5.41, 5.74) is -1.54. The summed E-state index contributed by atoms with van der Waals surface area (Å²) in [6, 6.07) is 5.99. The lowest BCUT2D eigenvalue weighted by atomic mass is 10.2. The molecule has 0 bridgehead atoms. The highest BCUT2D eigenvalue weighted by Gasteiger charge is 2.59. The molecule has 23 heavy (non-hydrogen) atoms. The first kappa shape index (κ1) is 17.5. The summed E-state index contributed by atoms with van der Waals surface area (Å²) >= 11 is 0. The average Bonchev–Trinajstić information content (AvgIpc) is 2.95. The van der Waals surface area contributed by atoms with Crippen molar-refractivity contribution in [3.8, 4) is 0 Å². The topological polar surface area (TPSA) is 99.2 Å². The Morgan fingerprint density at radius 3 is 2.43 bits per heavy atom. The maximum atomic E-state index is 12.8. The molecule has 1 aromatic rings. The first-order valence-corrected chi connectivity index (χ1v) is 8.10. The second-order valence-electron chi connectivity index (χ2n) is 4.94. The van der Waals surface area contributed by atoms with Crippen LogP contribution in [0.2, 0.25) is 0 Å². The van der Waals surface area contributed by atoms with Gasteiger partial charge in [0.15, 0.2) is 12.6 Å². The molecule has 126 valence electrons. The molecule has 0 saturated carbocycles. The molecule has 1 aliphatic heterocycles. The summed E-state index contributed by atoms with van der Waals surface area (Å²) in [7, 11) is -1.86. The number of sulfonamides is 1. The zero-order valence-electron chi connectivity index (χ0n) is 12.9. The van der Waals surface area contributed by atoms with Gasteiger partial charge in [-0.2, -0.15) is 0 Å². The van der Waals surface area contributed by atoms with Crippen molar-refractivity contribution in [2.75, 3.05) is 20.8 Å². The predicted octanol–water partition coefficient (Wildman–Crippen LogP) is 0.0566. The molecule has 2 atom stereocenters. The van der Waals surface area contributed by atoms with Crippen LogP contribution in [0.4, 0.5) is 0 Å². The molecule has 0 N–H and O–H groups in total. The number of hydrogen-bond acceptors (Lipinski definition) is 7. The van der Waals surface area contributed by atoms with Crippen LogP contribution in [0.25, 0.3) is 0 Å². The Bertz CT molecular complexity index is 700. The highest BCUT2D eigenvalue weighted by Crippen LogP contribution is 2.33. The molecular formula is C14H17NO7S. The van der Waals surface area contributed by atoms with Crippen LogP contribution in [0.15, 0.2) is 29.2 Å². The van der Waals surface area contributed by atoms with Gasteiger partial charge in [0.25, 0.3) is 5.72 Å². The van der Waals surface area contributed by atoms with E-state index in [0.717, 1.165) is 12.7 Å². The molecular weight excluding hydrogens is 326 g/mol. The van der Waals surface area contributed by atoms with Crippen molar-refractivity contribution in [1.29, 1.82) is 0 Å². The van der Waals surface area contributed by atoms with Gasteiger partial charge in [0.2, 0.25) is 10.0 Å². The Kier molecular flexibility index (Phi) is 4.85. The summed E-state index contributed by atoms with van der Waals surface area (Å²) in [6.45, 7) is 1.49. The molecule has 0 radical (unpaired) electrons. The number of benzene rings is 1. The van der Waals surface area contributed by atoms with E-state index < -0.39 is 28.0 Å². The number of aldehydes is 1. The normalized spacial score (nSPS) is 25.3. The zero-order valence-corrected chi connectivity index (χ0v) is 13.7. The van der Waals surface area contributed by atoms with Gasteiger partial charge in [0.05, 0.1) is 18.6 Å². The summed E-state index contributed by atoms with van der Waals surface area (Å²) in [6.07, 6.45) is -0.969. The number of methoxy groups -OCH3 is 2. The smallest absolute Gasteiger partial charge is 0.362 e. The Balaban J connectivity index is 2.54. The van der Waals surface area contributed by atoms with E-state index in [0.29, 0.717) is 4.31 Å². The minimum Gasteiger partial charge on any atom is -0.465 e. The molecule has 1 aromatic carbocycles. The van der Waals surface area contributed by atoms with E-state index in [-0.39, 0.29) is 17.7 Å². The molecule has 0 aromatic heterocycles. The minimum absolute atomic E-state index is 0.0708. The number of rotatable bonds is 5. The number of hydrogen-bond donors (Lipinski definition) is 0. The van der Waals surface area contributed by atoms with Crippen LogP contribution in [0.1, 0.15) is 5.56 Å². The van der Waals surface area contributed by atoms with E-state index in [4.69, 9.17) is 9.47 Å². The van der Waals surface area contributed by atoms with Gasteiger partial charge in [-0.3, -0.25) is 4.79 Å².